The van der Waals surface area contributed by atoms with Gasteiger partial charge in [0.1, 0.15) is 17.4 Å². The summed E-state index contributed by atoms with van der Waals surface area (Å²) in [6.45, 7) is 8.00. The Morgan fingerprint density at radius 3 is 2.59 bits per heavy atom. The van der Waals surface area contributed by atoms with E-state index in [-0.39, 0.29) is 0 Å². The molecule has 94 valence electrons. The highest BCUT2D eigenvalue weighted by atomic mass is 79.9. The van der Waals surface area contributed by atoms with Crippen molar-refractivity contribution in [3.8, 4) is 6.07 Å². The van der Waals surface area contributed by atoms with Crippen molar-refractivity contribution in [2.75, 3.05) is 6.61 Å². The first-order valence-corrected chi connectivity index (χ1v) is 10.5. The van der Waals surface area contributed by atoms with Crippen LogP contribution in [-0.2, 0) is 11.5 Å². The van der Waals surface area contributed by atoms with Gasteiger partial charge in [-0.15, -0.1) is 0 Å². The minimum atomic E-state index is -1.06. The molecule has 0 saturated heterocycles. The second-order valence-electron chi connectivity index (χ2n) is 4.91. The Hall–Kier alpha value is -0.163. The Morgan fingerprint density at radius 2 is 2.06 bits per heavy atom. The van der Waals surface area contributed by atoms with Gasteiger partial charge in [-0.1, -0.05) is 19.6 Å². The molecule has 0 saturated carbocycles. The third-order valence-corrected chi connectivity index (χ3v) is 5.06. The van der Waals surface area contributed by atoms with Crippen LogP contribution in [0.15, 0.2) is 9.34 Å². The summed E-state index contributed by atoms with van der Waals surface area (Å²) in [5, 5.41) is 8.99. The summed E-state index contributed by atoms with van der Waals surface area (Å²) in [4.78, 5) is 4.11. The van der Waals surface area contributed by atoms with E-state index in [2.05, 4.69) is 62.6 Å². The number of nitriles is 1. The smallest absolute Gasteiger partial charge is 0.181 e. The lowest BCUT2D eigenvalue weighted by atomic mass is 10.5. The van der Waals surface area contributed by atoms with Crippen molar-refractivity contribution in [1.29, 1.82) is 5.26 Å². The summed E-state index contributed by atoms with van der Waals surface area (Å²) in [7, 11) is -1.06. The summed E-state index contributed by atoms with van der Waals surface area (Å²) in [5.74, 6) is 0. The molecule has 0 bridgehead atoms. The van der Waals surface area contributed by atoms with Gasteiger partial charge in [-0.05, 0) is 37.9 Å². The minimum Gasteiger partial charge on any atom is -0.361 e. The van der Waals surface area contributed by atoms with Gasteiger partial charge in [0.2, 0.25) is 0 Å². The molecule has 1 rings (SSSR count). The normalized spacial score (nSPS) is 11.5. The van der Waals surface area contributed by atoms with Crippen LogP contribution in [0.1, 0.15) is 5.69 Å². The van der Waals surface area contributed by atoms with Gasteiger partial charge in [0, 0.05) is 14.7 Å². The molecule has 0 aliphatic carbocycles. The SMILES string of the molecule is C[Si](C)(C)CCOCn1c(Br)nc(Br)c1C#N. The second kappa shape index (κ2) is 6.14. The van der Waals surface area contributed by atoms with Gasteiger partial charge in [-0.2, -0.15) is 5.26 Å². The molecule has 0 N–H and O–H groups in total. The van der Waals surface area contributed by atoms with Gasteiger partial charge in [0.15, 0.2) is 10.4 Å². The van der Waals surface area contributed by atoms with E-state index in [1.165, 1.54) is 0 Å². The van der Waals surface area contributed by atoms with Crippen LogP contribution in [0, 0.1) is 11.3 Å². The molecule has 0 aromatic carbocycles. The Morgan fingerprint density at radius 1 is 1.41 bits per heavy atom. The molecule has 0 aliphatic heterocycles. The molecule has 1 heterocycles. The van der Waals surface area contributed by atoms with Crippen LogP contribution in [0.5, 0.6) is 0 Å². The van der Waals surface area contributed by atoms with E-state index in [4.69, 9.17) is 10.00 Å². The number of nitrogens with zero attached hydrogens (tertiary/aromatic N) is 3. The van der Waals surface area contributed by atoms with E-state index in [1.54, 1.807) is 4.57 Å². The highest BCUT2D eigenvalue weighted by molar-refractivity contribution is 9.11. The summed E-state index contributed by atoms with van der Waals surface area (Å²) in [6, 6.07) is 3.21. The lowest BCUT2D eigenvalue weighted by molar-refractivity contribution is 0.0850. The summed E-state index contributed by atoms with van der Waals surface area (Å²) in [6.07, 6.45) is 0. The van der Waals surface area contributed by atoms with Gasteiger partial charge in [0.05, 0.1) is 0 Å². The fourth-order valence-electron chi connectivity index (χ4n) is 1.16. The molecule has 17 heavy (non-hydrogen) atoms. The van der Waals surface area contributed by atoms with E-state index in [9.17, 15) is 0 Å². The van der Waals surface area contributed by atoms with Gasteiger partial charge in [0.25, 0.3) is 0 Å². The van der Waals surface area contributed by atoms with E-state index in [1.807, 2.05) is 0 Å². The Balaban J connectivity index is 2.56. The van der Waals surface area contributed by atoms with Crippen LogP contribution in [-0.4, -0.2) is 24.2 Å². The van der Waals surface area contributed by atoms with Crippen molar-refractivity contribution in [2.24, 2.45) is 0 Å². The fraction of sp³-hybridized carbons (Fsp3) is 0.600. The number of rotatable bonds is 5. The first kappa shape index (κ1) is 14.9. The molecule has 1 aromatic heterocycles. The first-order valence-electron chi connectivity index (χ1n) is 5.24. The molecule has 0 radical (unpaired) electrons. The Bertz CT molecular complexity index is 434. The monoisotopic (exact) mass is 379 g/mol. The zero-order valence-corrected chi connectivity index (χ0v) is 14.3. The van der Waals surface area contributed by atoms with Crippen molar-refractivity contribution in [1.82, 2.24) is 9.55 Å². The lowest BCUT2D eigenvalue weighted by Gasteiger charge is -2.15. The maximum atomic E-state index is 8.99. The standard InChI is InChI=1S/C10H15Br2N3OSi/c1-17(2,3)5-4-16-7-15-8(6-13)9(11)14-10(15)12/h4-5,7H2,1-3H3. The molecular formula is C10H15Br2N3OSi. The third-order valence-electron chi connectivity index (χ3n) is 2.20. The quantitative estimate of drug-likeness (QED) is 0.579. The maximum absolute atomic E-state index is 8.99. The number of hydrogen-bond acceptors (Lipinski definition) is 3. The molecule has 0 unspecified atom stereocenters. The fourth-order valence-corrected chi connectivity index (χ4v) is 3.08. The van der Waals surface area contributed by atoms with E-state index >= 15 is 0 Å². The predicted octanol–water partition coefficient (Wildman–Crippen LogP) is 3.59. The zero-order chi connectivity index (χ0) is 13.1. The van der Waals surface area contributed by atoms with E-state index < -0.39 is 8.07 Å². The highest BCUT2D eigenvalue weighted by Crippen LogP contribution is 2.21. The molecule has 0 spiro atoms. The van der Waals surface area contributed by atoms with E-state index in [0.29, 0.717) is 21.8 Å². The molecule has 4 nitrogen and oxygen atoms in total. The van der Waals surface area contributed by atoms with Crippen molar-refractivity contribution < 1.29 is 4.74 Å². The minimum absolute atomic E-state index is 0.354. The number of ether oxygens (including phenoxy) is 1. The first-order chi connectivity index (χ1) is 7.85. The third kappa shape index (κ3) is 4.54. The van der Waals surface area contributed by atoms with Gasteiger partial charge < -0.3 is 4.74 Å². The van der Waals surface area contributed by atoms with Crippen LogP contribution < -0.4 is 0 Å². The average Bonchev–Trinajstić information content (AvgIpc) is 2.46. The van der Waals surface area contributed by atoms with Crippen molar-refractivity contribution in [2.45, 2.75) is 32.4 Å². The van der Waals surface area contributed by atoms with Crippen LogP contribution in [0.2, 0.25) is 25.7 Å². The van der Waals surface area contributed by atoms with Crippen LogP contribution in [0.4, 0.5) is 0 Å². The predicted molar refractivity (Wildman–Crippen MR) is 76.4 cm³/mol. The number of imidazole rings is 1. The number of halogens is 2. The van der Waals surface area contributed by atoms with Gasteiger partial charge in [-0.25, -0.2) is 4.98 Å². The summed E-state index contributed by atoms with van der Waals surface area (Å²) >= 11 is 6.54. The topological polar surface area (TPSA) is 50.8 Å². The molecular weight excluding hydrogens is 366 g/mol. The maximum Gasteiger partial charge on any atom is 0.181 e. The molecule has 0 fully saturated rings. The van der Waals surface area contributed by atoms with Crippen molar-refractivity contribution >= 4 is 39.9 Å². The molecule has 1 aromatic rings. The van der Waals surface area contributed by atoms with E-state index in [0.717, 1.165) is 12.7 Å². The molecule has 0 amide bonds. The second-order valence-corrected chi connectivity index (χ2v) is 12.0. The lowest BCUT2D eigenvalue weighted by Crippen LogP contribution is -2.22. The largest absolute Gasteiger partial charge is 0.361 e. The number of hydrogen-bond donors (Lipinski definition) is 0. The highest BCUT2D eigenvalue weighted by Gasteiger charge is 2.15. The molecule has 0 atom stereocenters. The van der Waals surface area contributed by atoms with Crippen LogP contribution >= 0.6 is 31.9 Å². The summed E-state index contributed by atoms with van der Waals surface area (Å²) < 4.78 is 8.44. The number of aromatic nitrogens is 2. The Labute approximate surface area is 119 Å². The average molecular weight is 381 g/mol. The van der Waals surface area contributed by atoms with Gasteiger partial charge >= 0.3 is 0 Å². The van der Waals surface area contributed by atoms with Crippen LogP contribution in [0.3, 0.4) is 0 Å². The Kier molecular flexibility index (Phi) is 5.38. The zero-order valence-electron chi connectivity index (χ0n) is 10.1. The molecule has 0 aliphatic rings. The van der Waals surface area contributed by atoms with Crippen molar-refractivity contribution in [3.05, 3.63) is 15.0 Å². The van der Waals surface area contributed by atoms with Crippen LogP contribution in [0.25, 0.3) is 0 Å². The van der Waals surface area contributed by atoms with Gasteiger partial charge in [-0.3, -0.25) is 4.57 Å². The summed E-state index contributed by atoms with van der Waals surface area (Å²) in [5.41, 5.74) is 0.477. The van der Waals surface area contributed by atoms with Crippen molar-refractivity contribution in [3.63, 3.8) is 0 Å². The molecule has 7 heteroatoms.